The second kappa shape index (κ2) is 4.77. The Hall–Kier alpha value is -2.02. The highest BCUT2D eigenvalue weighted by Gasteiger charge is 2.38. The number of anilines is 1. The Bertz CT molecular complexity index is 699. The number of aryl methyl sites for hydroxylation is 1. The highest BCUT2D eigenvalue weighted by atomic mass is 15.0. The third-order valence-electron chi connectivity index (χ3n) is 5.23. The van der Waals surface area contributed by atoms with Gasteiger partial charge in [0.05, 0.1) is 6.04 Å². The molecule has 0 spiro atoms. The smallest absolute Gasteiger partial charge is 0.0554 e. The molecule has 1 nitrogen and oxygen atoms in total. The molecule has 0 bridgehead atoms. The predicted molar refractivity (Wildman–Crippen MR) is 88.7 cm³/mol. The molecule has 2 aliphatic rings. The fourth-order valence-electron chi connectivity index (χ4n) is 3.91. The van der Waals surface area contributed by atoms with Crippen LogP contribution in [0.3, 0.4) is 0 Å². The van der Waals surface area contributed by atoms with Gasteiger partial charge in [0.15, 0.2) is 0 Å². The Morgan fingerprint density at radius 3 is 2.62 bits per heavy atom. The van der Waals surface area contributed by atoms with Crippen molar-refractivity contribution in [2.75, 3.05) is 5.32 Å². The summed E-state index contributed by atoms with van der Waals surface area (Å²) in [5.74, 6) is 1.20. The molecule has 2 aromatic rings. The van der Waals surface area contributed by atoms with Crippen LogP contribution in [0.5, 0.6) is 0 Å². The lowest BCUT2D eigenvalue weighted by Gasteiger charge is -2.38. The maximum absolute atomic E-state index is 3.85. The first-order valence-corrected chi connectivity index (χ1v) is 7.84. The second-order valence-electron chi connectivity index (χ2n) is 6.36. The largest absolute Gasteiger partial charge is 0.377 e. The SMILES string of the molecule is Cc1ccc2c(c1C)N[C@H](c1ccccc1)[C@H]1CC=C[C@H]21. The highest BCUT2D eigenvalue weighted by molar-refractivity contribution is 5.65. The van der Waals surface area contributed by atoms with Gasteiger partial charge >= 0.3 is 0 Å². The number of fused-ring (bicyclic) bond motifs is 3. The van der Waals surface area contributed by atoms with E-state index in [9.17, 15) is 0 Å². The Balaban J connectivity index is 1.85. The maximum atomic E-state index is 3.85. The minimum Gasteiger partial charge on any atom is -0.377 e. The normalized spacial score (nSPS) is 26.1. The lowest BCUT2D eigenvalue weighted by atomic mass is 9.76. The van der Waals surface area contributed by atoms with E-state index in [0.717, 1.165) is 0 Å². The first-order chi connectivity index (χ1) is 10.3. The van der Waals surface area contributed by atoms with Crippen LogP contribution in [-0.2, 0) is 0 Å². The molecule has 1 heterocycles. The van der Waals surface area contributed by atoms with Crippen molar-refractivity contribution < 1.29 is 0 Å². The van der Waals surface area contributed by atoms with E-state index in [1.54, 1.807) is 0 Å². The van der Waals surface area contributed by atoms with Crippen molar-refractivity contribution in [3.63, 3.8) is 0 Å². The summed E-state index contributed by atoms with van der Waals surface area (Å²) in [6, 6.07) is 15.9. The molecule has 0 fully saturated rings. The molecule has 4 rings (SSSR count). The monoisotopic (exact) mass is 275 g/mol. The van der Waals surface area contributed by atoms with E-state index < -0.39 is 0 Å². The topological polar surface area (TPSA) is 12.0 Å². The molecule has 0 saturated carbocycles. The number of benzene rings is 2. The molecule has 1 aliphatic heterocycles. The summed E-state index contributed by atoms with van der Waals surface area (Å²) < 4.78 is 0. The van der Waals surface area contributed by atoms with Crippen molar-refractivity contribution in [2.24, 2.45) is 5.92 Å². The zero-order chi connectivity index (χ0) is 14.4. The van der Waals surface area contributed by atoms with E-state index in [1.807, 2.05) is 0 Å². The van der Waals surface area contributed by atoms with Crippen molar-refractivity contribution in [1.82, 2.24) is 0 Å². The quantitative estimate of drug-likeness (QED) is 0.711. The van der Waals surface area contributed by atoms with Gasteiger partial charge in [-0.2, -0.15) is 0 Å². The van der Waals surface area contributed by atoms with Crippen molar-refractivity contribution in [3.8, 4) is 0 Å². The summed E-state index contributed by atoms with van der Waals surface area (Å²) in [6.45, 7) is 4.44. The molecule has 3 atom stereocenters. The van der Waals surface area contributed by atoms with Crippen LogP contribution in [0.2, 0.25) is 0 Å². The molecule has 0 amide bonds. The van der Waals surface area contributed by atoms with Gasteiger partial charge in [-0.25, -0.2) is 0 Å². The molecular formula is C20H21N. The van der Waals surface area contributed by atoms with Crippen molar-refractivity contribution >= 4 is 5.69 Å². The molecule has 0 unspecified atom stereocenters. The molecule has 21 heavy (non-hydrogen) atoms. The Morgan fingerprint density at radius 2 is 1.81 bits per heavy atom. The van der Waals surface area contributed by atoms with Crippen LogP contribution in [0.1, 0.15) is 40.6 Å². The average Bonchev–Trinajstić information content (AvgIpc) is 3.00. The summed E-state index contributed by atoms with van der Waals surface area (Å²) >= 11 is 0. The standard InChI is InChI=1S/C20H21N/c1-13-11-12-18-16-9-6-10-17(16)20(21-19(18)14(13)2)15-7-4-3-5-8-15/h3-9,11-12,16-17,20-21H,10H2,1-2H3/t16-,17-,20+/m0/s1. The van der Waals surface area contributed by atoms with E-state index in [-0.39, 0.29) is 0 Å². The summed E-state index contributed by atoms with van der Waals surface area (Å²) in [5.41, 5.74) is 7.00. The van der Waals surface area contributed by atoms with Crippen molar-refractivity contribution in [3.05, 3.63) is 76.9 Å². The van der Waals surface area contributed by atoms with Gasteiger partial charge in [0.25, 0.3) is 0 Å². The van der Waals surface area contributed by atoms with Gasteiger partial charge in [-0.1, -0.05) is 54.6 Å². The number of allylic oxidation sites excluding steroid dienone is 2. The first-order valence-electron chi connectivity index (χ1n) is 7.84. The summed E-state index contributed by atoms with van der Waals surface area (Å²) in [5, 5.41) is 3.85. The van der Waals surface area contributed by atoms with Gasteiger partial charge < -0.3 is 5.32 Å². The minimum atomic E-state index is 0.416. The van der Waals surface area contributed by atoms with Gasteiger partial charge in [-0.15, -0.1) is 0 Å². The molecule has 0 saturated heterocycles. The van der Waals surface area contributed by atoms with Crippen LogP contribution >= 0.6 is 0 Å². The maximum Gasteiger partial charge on any atom is 0.0554 e. The Labute approximate surface area is 126 Å². The van der Waals surface area contributed by atoms with Crippen LogP contribution in [0.15, 0.2) is 54.6 Å². The van der Waals surface area contributed by atoms with Crippen molar-refractivity contribution in [1.29, 1.82) is 0 Å². The summed E-state index contributed by atoms with van der Waals surface area (Å²) in [6.07, 6.45) is 5.94. The highest BCUT2D eigenvalue weighted by Crippen LogP contribution is 2.50. The zero-order valence-electron chi connectivity index (χ0n) is 12.6. The van der Waals surface area contributed by atoms with E-state index in [0.29, 0.717) is 17.9 Å². The first kappa shape index (κ1) is 12.7. The molecule has 0 radical (unpaired) electrons. The van der Waals surface area contributed by atoms with Gasteiger partial charge in [0.2, 0.25) is 0 Å². The Morgan fingerprint density at radius 1 is 1.00 bits per heavy atom. The lowest BCUT2D eigenvalue weighted by molar-refractivity contribution is 0.425. The van der Waals surface area contributed by atoms with Gasteiger partial charge in [0.1, 0.15) is 0 Å². The molecule has 106 valence electrons. The fraction of sp³-hybridized carbons (Fsp3) is 0.300. The number of hydrogen-bond acceptors (Lipinski definition) is 1. The fourth-order valence-corrected chi connectivity index (χ4v) is 3.91. The minimum absolute atomic E-state index is 0.416. The average molecular weight is 275 g/mol. The van der Waals surface area contributed by atoms with Crippen LogP contribution < -0.4 is 5.32 Å². The van der Waals surface area contributed by atoms with E-state index in [1.165, 1.54) is 34.4 Å². The molecule has 0 aromatic heterocycles. The van der Waals surface area contributed by atoms with Gasteiger partial charge in [-0.3, -0.25) is 0 Å². The number of rotatable bonds is 1. The van der Waals surface area contributed by atoms with Crippen molar-refractivity contribution in [2.45, 2.75) is 32.2 Å². The Kier molecular flexibility index (Phi) is 2.88. The predicted octanol–water partition coefficient (Wildman–Crippen LogP) is 5.13. The lowest BCUT2D eigenvalue weighted by Crippen LogP contribution is -2.29. The number of hydrogen-bond donors (Lipinski definition) is 1. The van der Waals surface area contributed by atoms with Crippen LogP contribution in [0, 0.1) is 19.8 Å². The molecule has 1 heteroatoms. The van der Waals surface area contributed by atoms with E-state index in [2.05, 4.69) is 73.8 Å². The molecule has 1 aliphatic carbocycles. The third kappa shape index (κ3) is 1.91. The molecule has 1 N–H and O–H groups in total. The van der Waals surface area contributed by atoms with Crippen LogP contribution in [0.4, 0.5) is 5.69 Å². The summed E-state index contributed by atoms with van der Waals surface area (Å²) in [7, 11) is 0. The molecular weight excluding hydrogens is 254 g/mol. The number of nitrogens with one attached hydrogen (secondary N) is 1. The molecule has 2 aromatic carbocycles. The second-order valence-corrected chi connectivity index (χ2v) is 6.36. The van der Waals surface area contributed by atoms with Crippen LogP contribution in [-0.4, -0.2) is 0 Å². The zero-order valence-corrected chi connectivity index (χ0v) is 12.6. The summed E-state index contributed by atoms with van der Waals surface area (Å²) in [4.78, 5) is 0. The van der Waals surface area contributed by atoms with E-state index in [4.69, 9.17) is 0 Å². The third-order valence-corrected chi connectivity index (χ3v) is 5.23. The van der Waals surface area contributed by atoms with Crippen LogP contribution in [0.25, 0.3) is 0 Å². The van der Waals surface area contributed by atoms with E-state index >= 15 is 0 Å². The van der Waals surface area contributed by atoms with Gasteiger partial charge in [-0.05, 0) is 48.4 Å². The van der Waals surface area contributed by atoms with Gasteiger partial charge in [0, 0.05) is 11.6 Å².